The highest BCUT2D eigenvalue weighted by Gasteiger charge is 2.31. The van der Waals surface area contributed by atoms with Crippen LogP contribution < -0.4 is 5.32 Å². The summed E-state index contributed by atoms with van der Waals surface area (Å²) in [5.74, 6) is 0.996. The van der Waals surface area contributed by atoms with Crippen LogP contribution >= 0.6 is 0 Å². The second-order valence-corrected chi connectivity index (χ2v) is 4.76. The van der Waals surface area contributed by atoms with Crippen LogP contribution in [-0.2, 0) is 14.3 Å². The Morgan fingerprint density at radius 2 is 2.00 bits per heavy atom. The molecule has 0 radical (unpaired) electrons. The Morgan fingerprint density at radius 3 is 2.47 bits per heavy atom. The lowest BCUT2D eigenvalue weighted by Crippen LogP contribution is -2.46. The number of hydrogen-bond acceptors (Lipinski definition) is 4. The van der Waals surface area contributed by atoms with Gasteiger partial charge in [0.15, 0.2) is 11.7 Å². The molecule has 0 aromatic rings. The zero-order valence-electron chi connectivity index (χ0n) is 11.0. The zero-order valence-corrected chi connectivity index (χ0v) is 11.0. The number of methoxy groups -OCH3 is 1. The summed E-state index contributed by atoms with van der Waals surface area (Å²) in [6.45, 7) is 9.04. The van der Waals surface area contributed by atoms with Gasteiger partial charge in [-0.3, -0.25) is 4.79 Å². The maximum Gasteiger partial charge on any atom is 0.179 e. The van der Waals surface area contributed by atoms with E-state index in [-0.39, 0.29) is 17.7 Å². The van der Waals surface area contributed by atoms with Crippen molar-refractivity contribution < 1.29 is 14.3 Å². The van der Waals surface area contributed by atoms with E-state index in [0.717, 1.165) is 26.1 Å². The van der Waals surface area contributed by atoms with Crippen LogP contribution in [0.25, 0.3) is 0 Å². The molecule has 1 saturated heterocycles. The molecule has 0 unspecified atom stereocenters. The van der Waals surface area contributed by atoms with E-state index >= 15 is 0 Å². The number of ether oxygens (including phenoxy) is 2. The van der Waals surface area contributed by atoms with Crippen molar-refractivity contribution in [3.05, 3.63) is 12.5 Å². The molecule has 1 N–H and O–H groups in total. The van der Waals surface area contributed by atoms with Gasteiger partial charge in [0.2, 0.25) is 0 Å². The Bertz CT molecular complexity index is 270. The van der Waals surface area contributed by atoms with Gasteiger partial charge in [-0.1, -0.05) is 13.8 Å². The molecule has 0 aliphatic carbocycles. The molecule has 1 rings (SSSR count). The summed E-state index contributed by atoms with van der Waals surface area (Å²) in [6, 6.07) is -0.202. The first kappa shape index (κ1) is 14.0. The minimum atomic E-state index is -0.202. The SMILES string of the molecule is C=C(N[C@@H](C(=O)C(C)C)C1CCOCC1)OC. The van der Waals surface area contributed by atoms with Crippen molar-refractivity contribution in [2.75, 3.05) is 20.3 Å². The van der Waals surface area contributed by atoms with Gasteiger partial charge in [0.25, 0.3) is 0 Å². The van der Waals surface area contributed by atoms with E-state index in [0.29, 0.717) is 11.8 Å². The van der Waals surface area contributed by atoms with E-state index in [2.05, 4.69) is 11.9 Å². The molecule has 4 nitrogen and oxygen atoms in total. The number of Topliss-reactive ketones (excluding diaryl/α,β-unsaturated/α-hetero) is 1. The maximum absolute atomic E-state index is 12.2. The summed E-state index contributed by atoms with van der Waals surface area (Å²) in [7, 11) is 1.55. The van der Waals surface area contributed by atoms with Gasteiger partial charge in [-0.25, -0.2) is 0 Å². The third-order valence-corrected chi connectivity index (χ3v) is 3.18. The van der Waals surface area contributed by atoms with E-state index in [1.54, 1.807) is 7.11 Å². The van der Waals surface area contributed by atoms with Crippen molar-refractivity contribution >= 4 is 5.78 Å². The molecular weight excluding hydrogens is 218 g/mol. The molecule has 0 aromatic carbocycles. The monoisotopic (exact) mass is 241 g/mol. The highest BCUT2D eigenvalue weighted by Crippen LogP contribution is 2.22. The fourth-order valence-corrected chi connectivity index (χ4v) is 2.06. The molecule has 1 atom stereocenters. The number of carbonyl (C=O) groups excluding carboxylic acids is 1. The van der Waals surface area contributed by atoms with E-state index in [1.807, 2.05) is 13.8 Å². The lowest BCUT2D eigenvalue weighted by molar-refractivity contribution is -0.126. The first-order valence-corrected chi connectivity index (χ1v) is 6.17. The third-order valence-electron chi connectivity index (χ3n) is 3.18. The van der Waals surface area contributed by atoms with Gasteiger partial charge >= 0.3 is 0 Å². The summed E-state index contributed by atoms with van der Waals surface area (Å²) in [6.07, 6.45) is 1.82. The fraction of sp³-hybridized carbons (Fsp3) is 0.769. The maximum atomic E-state index is 12.2. The van der Waals surface area contributed by atoms with Crippen LogP contribution in [0.3, 0.4) is 0 Å². The Kier molecular flexibility index (Phi) is 5.48. The molecule has 0 aromatic heterocycles. The highest BCUT2D eigenvalue weighted by molar-refractivity contribution is 5.86. The Balaban J connectivity index is 2.69. The molecule has 4 heteroatoms. The average Bonchev–Trinajstić information content (AvgIpc) is 2.35. The fourth-order valence-electron chi connectivity index (χ4n) is 2.06. The van der Waals surface area contributed by atoms with Crippen molar-refractivity contribution in [1.82, 2.24) is 5.32 Å². The molecule has 0 spiro atoms. The molecule has 17 heavy (non-hydrogen) atoms. The van der Waals surface area contributed by atoms with Crippen LogP contribution in [0.2, 0.25) is 0 Å². The number of ketones is 1. The van der Waals surface area contributed by atoms with Crippen molar-refractivity contribution in [3.63, 3.8) is 0 Å². The quantitative estimate of drug-likeness (QED) is 0.719. The zero-order chi connectivity index (χ0) is 12.8. The van der Waals surface area contributed by atoms with E-state index in [1.165, 1.54) is 0 Å². The minimum Gasteiger partial charge on any atom is -0.483 e. The van der Waals surface area contributed by atoms with Crippen molar-refractivity contribution in [2.45, 2.75) is 32.7 Å². The summed E-state index contributed by atoms with van der Waals surface area (Å²) in [5.41, 5.74) is 0. The summed E-state index contributed by atoms with van der Waals surface area (Å²) in [4.78, 5) is 12.2. The van der Waals surface area contributed by atoms with Gasteiger partial charge < -0.3 is 14.8 Å². The lowest BCUT2D eigenvalue weighted by Gasteiger charge is -2.31. The Labute approximate surface area is 103 Å². The van der Waals surface area contributed by atoms with Crippen molar-refractivity contribution in [2.24, 2.45) is 11.8 Å². The first-order valence-electron chi connectivity index (χ1n) is 6.17. The van der Waals surface area contributed by atoms with Gasteiger partial charge in [0.05, 0.1) is 13.2 Å². The second kappa shape index (κ2) is 6.64. The van der Waals surface area contributed by atoms with Gasteiger partial charge in [-0.2, -0.15) is 0 Å². The molecule has 1 heterocycles. The van der Waals surface area contributed by atoms with Crippen LogP contribution in [0.1, 0.15) is 26.7 Å². The second-order valence-electron chi connectivity index (χ2n) is 4.76. The van der Waals surface area contributed by atoms with Gasteiger partial charge in [-0.15, -0.1) is 0 Å². The minimum absolute atomic E-state index is 0.0139. The third kappa shape index (κ3) is 4.04. The molecular formula is C13H23NO3. The Hall–Kier alpha value is -1.03. The summed E-state index contributed by atoms with van der Waals surface area (Å²) in [5, 5.41) is 3.10. The van der Waals surface area contributed by atoms with Crippen LogP contribution in [0.4, 0.5) is 0 Å². The van der Waals surface area contributed by atoms with Gasteiger partial charge in [0.1, 0.15) is 0 Å². The molecule has 98 valence electrons. The predicted octanol–water partition coefficient (Wildman–Crippen LogP) is 1.71. The molecule has 1 aliphatic heterocycles. The number of carbonyl (C=O) groups is 1. The van der Waals surface area contributed by atoms with Crippen molar-refractivity contribution in [3.8, 4) is 0 Å². The smallest absolute Gasteiger partial charge is 0.179 e. The lowest BCUT2D eigenvalue weighted by atomic mass is 9.85. The molecule has 0 bridgehead atoms. The largest absolute Gasteiger partial charge is 0.483 e. The molecule has 1 aliphatic rings. The molecule has 1 fully saturated rings. The number of nitrogens with one attached hydrogen (secondary N) is 1. The summed E-state index contributed by atoms with van der Waals surface area (Å²) >= 11 is 0. The molecule has 0 amide bonds. The standard InChI is InChI=1S/C13H23NO3/c1-9(2)13(15)12(14-10(3)16-4)11-5-7-17-8-6-11/h9,11-12,14H,3,5-8H2,1-2,4H3/t12-/m1/s1. The first-order chi connectivity index (χ1) is 8.06. The number of hydrogen-bond donors (Lipinski definition) is 1. The summed E-state index contributed by atoms with van der Waals surface area (Å²) < 4.78 is 10.3. The van der Waals surface area contributed by atoms with E-state index in [9.17, 15) is 4.79 Å². The Morgan fingerprint density at radius 1 is 1.41 bits per heavy atom. The highest BCUT2D eigenvalue weighted by atomic mass is 16.5. The van der Waals surface area contributed by atoms with Crippen LogP contribution in [0.15, 0.2) is 12.5 Å². The normalized spacial score (nSPS) is 18.8. The topological polar surface area (TPSA) is 47.6 Å². The predicted molar refractivity (Wildman–Crippen MR) is 66.5 cm³/mol. The van der Waals surface area contributed by atoms with Crippen molar-refractivity contribution in [1.29, 1.82) is 0 Å². The number of rotatable bonds is 6. The van der Waals surface area contributed by atoms with Gasteiger partial charge in [0, 0.05) is 19.1 Å². The average molecular weight is 241 g/mol. The van der Waals surface area contributed by atoms with Gasteiger partial charge in [-0.05, 0) is 25.3 Å². The van der Waals surface area contributed by atoms with E-state index in [4.69, 9.17) is 9.47 Å². The van der Waals surface area contributed by atoms with Crippen LogP contribution in [0, 0.1) is 11.8 Å². The van der Waals surface area contributed by atoms with Crippen LogP contribution in [0.5, 0.6) is 0 Å². The van der Waals surface area contributed by atoms with Crippen LogP contribution in [-0.4, -0.2) is 32.1 Å². The molecule has 0 saturated carbocycles. The van der Waals surface area contributed by atoms with E-state index < -0.39 is 0 Å².